The van der Waals surface area contributed by atoms with Crippen molar-refractivity contribution in [2.24, 2.45) is 40.4 Å². The molecule has 1 unspecified atom stereocenters. The Labute approximate surface area is 244 Å². The lowest BCUT2D eigenvalue weighted by molar-refractivity contribution is -0.162. The van der Waals surface area contributed by atoms with E-state index in [4.69, 9.17) is 9.47 Å². The van der Waals surface area contributed by atoms with Crippen LogP contribution < -0.4 is 0 Å². The maximum atomic E-state index is 14.7. The largest absolute Gasteiger partial charge is 0.511 e. The topological polar surface area (TPSA) is 89.9 Å². The van der Waals surface area contributed by atoms with E-state index in [-0.39, 0.29) is 53.0 Å². The van der Waals surface area contributed by atoms with Gasteiger partial charge in [0.1, 0.15) is 17.4 Å². The molecule has 1 saturated heterocycles. The molecule has 1 saturated carbocycles. The number of hydrogen-bond donors (Lipinski definition) is 1. The van der Waals surface area contributed by atoms with Crippen LogP contribution in [-0.2, 0) is 23.9 Å². The molecular weight excluding hydrogens is 516 g/mol. The van der Waals surface area contributed by atoms with Crippen LogP contribution in [-0.4, -0.2) is 34.5 Å². The average Bonchev–Trinajstić information content (AvgIpc) is 3.13. The zero-order chi connectivity index (χ0) is 30.1. The summed E-state index contributed by atoms with van der Waals surface area (Å²) in [5, 5.41) is 12.4. The van der Waals surface area contributed by atoms with Gasteiger partial charge in [-0.3, -0.25) is 9.59 Å². The van der Waals surface area contributed by atoms with E-state index < -0.39 is 28.2 Å². The molecule has 0 radical (unpaired) electrons. The number of hydrogen-bond acceptors (Lipinski definition) is 6. The number of ketones is 1. The summed E-state index contributed by atoms with van der Waals surface area (Å²) < 4.78 is 12.0. The zero-order valence-corrected chi connectivity index (χ0v) is 25.9. The van der Waals surface area contributed by atoms with E-state index in [1.807, 2.05) is 13.8 Å². The van der Waals surface area contributed by atoms with Gasteiger partial charge in [-0.15, -0.1) is 0 Å². The van der Waals surface area contributed by atoms with Crippen LogP contribution in [0.2, 0.25) is 0 Å². The molecule has 1 N–H and O–H groups in total. The minimum Gasteiger partial charge on any atom is -0.511 e. The second-order valence-electron chi connectivity index (χ2n) is 14.0. The van der Waals surface area contributed by atoms with Crippen molar-refractivity contribution in [2.45, 2.75) is 99.2 Å². The standard InChI is InChI=1S/C35H46O6/c1-19-10-9-11-20(2)26-14-13-25-27(40-24(6)36)15-12-21(3)29(25)34(26,8)30(37)28-31(38)35(41-32(28)39)18-23(5)22(4)17-33(35,7)16-19/h11,13-14,16-17,21,23,25-27,29,37H,9-10,12,15,18H2,1-8H3/b19-16-,20-11-,30-28-/t21-,23+,25+,26?,27-,29+,33-,34+,35+/m0/s1. The molecular formula is C35H46O6. The fourth-order valence-corrected chi connectivity index (χ4v) is 9.02. The number of esters is 2. The number of rotatable bonds is 1. The van der Waals surface area contributed by atoms with Crippen LogP contribution in [0.3, 0.4) is 0 Å². The number of ether oxygens (including phenoxy) is 2. The van der Waals surface area contributed by atoms with Gasteiger partial charge in [-0.05, 0) is 71.1 Å². The Morgan fingerprint density at radius 1 is 1.05 bits per heavy atom. The predicted molar refractivity (Wildman–Crippen MR) is 158 cm³/mol. The lowest BCUT2D eigenvalue weighted by atomic mass is 9.50. The van der Waals surface area contributed by atoms with Crippen molar-refractivity contribution in [1.29, 1.82) is 0 Å². The molecule has 1 aliphatic heterocycles. The summed E-state index contributed by atoms with van der Waals surface area (Å²) in [7, 11) is 0. The first-order valence-corrected chi connectivity index (χ1v) is 15.3. The first-order chi connectivity index (χ1) is 19.2. The number of fused-ring (bicyclic) bond motifs is 4. The van der Waals surface area contributed by atoms with Crippen molar-refractivity contribution >= 4 is 17.7 Å². The SMILES string of the molecule is CC(=O)O[C@H]1CC[C@H](C)[C@@H]2[C@@H]1C=CC1/C(C)=C\CC/C(C)=C\[C@@]3(C)C=C(C)[C@H](C)C[C@]34OC(=O)/C(=C(\O)[C@]12C)C4=O. The van der Waals surface area contributed by atoms with Gasteiger partial charge < -0.3 is 14.6 Å². The van der Waals surface area contributed by atoms with E-state index in [9.17, 15) is 19.5 Å². The summed E-state index contributed by atoms with van der Waals surface area (Å²) in [5.41, 5.74) is -0.0738. The molecule has 0 aromatic heterocycles. The first kappa shape index (κ1) is 29.6. The van der Waals surface area contributed by atoms with Gasteiger partial charge in [0, 0.05) is 30.6 Å². The van der Waals surface area contributed by atoms with Crippen LogP contribution in [0.5, 0.6) is 0 Å². The van der Waals surface area contributed by atoms with Gasteiger partial charge in [0.05, 0.1) is 5.41 Å². The van der Waals surface area contributed by atoms with Gasteiger partial charge in [-0.25, -0.2) is 4.79 Å². The van der Waals surface area contributed by atoms with E-state index in [1.54, 1.807) is 0 Å². The zero-order valence-electron chi connectivity index (χ0n) is 25.9. The molecule has 5 rings (SSSR count). The molecule has 41 heavy (non-hydrogen) atoms. The van der Waals surface area contributed by atoms with E-state index in [0.717, 1.165) is 42.4 Å². The quantitative estimate of drug-likeness (QED) is 0.208. The number of allylic oxidation sites excluding steroid dienone is 6. The Kier molecular flexibility index (Phi) is 7.31. The molecule has 6 heteroatoms. The Morgan fingerprint density at radius 3 is 2.44 bits per heavy atom. The van der Waals surface area contributed by atoms with Crippen molar-refractivity contribution < 1.29 is 29.0 Å². The highest BCUT2D eigenvalue weighted by Crippen LogP contribution is 2.60. The molecule has 5 aliphatic rings. The predicted octanol–water partition coefficient (Wildman–Crippen LogP) is 7.13. The normalized spacial score (nSPS) is 47.0. The van der Waals surface area contributed by atoms with Gasteiger partial charge in [0.2, 0.25) is 5.78 Å². The van der Waals surface area contributed by atoms with E-state index in [0.29, 0.717) is 6.42 Å². The molecule has 9 atom stereocenters. The van der Waals surface area contributed by atoms with Gasteiger partial charge in [0.25, 0.3) is 0 Å². The third-order valence-electron chi connectivity index (χ3n) is 11.2. The Bertz CT molecular complexity index is 1330. The lowest BCUT2D eigenvalue weighted by Crippen LogP contribution is -2.54. The lowest BCUT2D eigenvalue weighted by Gasteiger charge is -2.54. The maximum Gasteiger partial charge on any atom is 0.346 e. The smallest absolute Gasteiger partial charge is 0.346 e. The van der Waals surface area contributed by atoms with Crippen LogP contribution in [0.25, 0.3) is 0 Å². The van der Waals surface area contributed by atoms with Crippen LogP contribution in [0.1, 0.15) is 87.5 Å². The second-order valence-corrected chi connectivity index (χ2v) is 14.0. The summed E-state index contributed by atoms with van der Waals surface area (Å²) in [4.78, 5) is 40.6. The van der Waals surface area contributed by atoms with Gasteiger partial charge >= 0.3 is 11.9 Å². The average molecular weight is 563 g/mol. The monoisotopic (exact) mass is 562 g/mol. The van der Waals surface area contributed by atoms with Crippen molar-refractivity contribution in [3.63, 3.8) is 0 Å². The van der Waals surface area contributed by atoms with Gasteiger partial charge in [0.15, 0.2) is 5.60 Å². The molecule has 222 valence electrons. The van der Waals surface area contributed by atoms with Gasteiger partial charge in [-0.1, -0.05) is 67.9 Å². The van der Waals surface area contributed by atoms with Crippen molar-refractivity contribution in [1.82, 2.24) is 0 Å². The third-order valence-corrected chi connectivity index (χ3v) is 11.2. The van der Waals surface area contributed by atoms with Crippen LogP contribution >= 0.6 is 0 Å². The molecule has 0 aromatic rings. The van der Waals surface area contributed by atoms with E-state index in [1.165, 1.54) is 6.92 Å². The number of carbonyl (C=O) groups is 3. The third kappa shape index (κ3) is 4.39. The van der Waals surface area contributed by atoms with Gasteiger partial charge in [-0.2, -0.15) is 0 Å². The highest BCUT2D eigenvalue weighted by atomic mass is 16.6. The van der Waals surface area contributed by atoms with Crippen LogP contribution in [0.15, 0.2) is 58.4 Å². The van der Waals surface area contributed by atoms with Crippen molar-refractivity contribution in [3.05, 3.63) is 58.4 Å². The number of Topliss-reactive ketones (excluding diaryl/α,β-unsaturated/α-hetero) is 1. The summed E-state index contributed by atoms with van der Waals surface area (Å²) >= 11 is 0. The molecule has 1 heterocycles. The molecule has 2 fully saturated rings. The van der Waals surface area contributed by atoms with Crippen LogP contribution in [0, 0.1) is 40.4 Å². The summed E-state index contributed by atoms with van der Waals surface area (Å²) in [6.07, 6.45) is 13.9. The van der Waals surface area contributed by atoms with Crippen molar-refractivity contribution in [3.8, 4) is 0 Å². The molecule has 0 amide bonds. The highest BCUT2D eigenvalue weighted by molar-refractivity contribution is 6.26. The number of aliphatic hydroxyl groups excluding tert-OH is 1. The fraction of sp³-hybridized carbons (Fsp3) is 0.629. The molecule has 0 aromatic carbocycles. The summed E-state index contributed by atoms with van der Waals surface area (Å²) in [5.74, 6) is -2.02. The fourth-order valence-electron chi connectivity index (χ4n) is 9.02. The first-order valence-electron chi connectivity index (χ1n) is 15.3. The number of carbonyl (C=O) groups excluding carboxylic acids is 3. The summed E-state index contributed by atoms with van der Waals surface area (Å²) in [6.45, 7) is 15.8. The van der Waals surface area contributed by atoms with E-state index in [2.05, 4.69) is 65.0 Å². The Morgan fingerprint density at radius 2 is 1.76 bits per heavy atom. The summed E-state index contributed by atoms with van der Waals surface area (Å²) in [6, 6.07) is 0. The molecule has 6 nitrogen and oxygen atoms in total. The van der Waals surface area contributed by atoms with Crippen molar-refractivity contribution in [2.75, 3.05) is 0 Å². The van der Waals surface area contributed by atoms with E-state index >= 15 is 0 Å². The molecule has 1 spiro atoms. The highest BCUT2D eigenvalue weighted by Gasteiger charge is 2.66. The second kappa shape index (κ2) is 10.1. The Balaban J connectivity index is 1.77. The molecule has 4 aliphatic carbocycles. The Hall–Kier alpha value is -2.89. The maximum absolute atomic E-state index is 14.7. The van der Waals surface area contributed by atoms with Crippen LogP contribution in [0.4, 0.5) is 0 Å². The molecule has 2 bridgehead atoms. The minimum atomic E-state index is -1.42. The minimum absolute atomic E-state index is 0.0443. The number of aliphatic hydroxyl groups is 1.